The second-order valence-electron chi connectivity index (χ2n) is 10.6. The van der Waals surface area contributed by atoms with E-state index >= 15 is 0 Å². The first-order chi connectivity index (χ1) is 21.0. The lowest BCUT2D eigenvalue weighted by atomic mass is 9.99. The number of aryl methyl sites for hydroxylation is 1. The van der Waals surface area contributed by atoms with Gasteiger partial charge in [0.2, 0.25) is 0 Å². The van der Waals surface area contributed by atoms with Crippen LogP contribution in [0.5, 0.6) is 0 Å². The van der Waals surface area contributed by atoms with E-state index in [1.54, 1.807) is 0 Å². The first-order valence-corrected chi connectivity index (χ1v) is 15.4. The van der Waals surface area contributed by atoms with Crippen molar-refractivity contribution >= 4 is 17.7 Å². The number of benzene rings is 4. The highest BCUT2D eigenvalue weighted by Crippen LogP contribution is 2.38. The molecule has 0 spiro atoms. The third kappa shape index (κ3) is 9.26. The molecule has 224 valence electrons. The Morgan fingerprint density at radius 3 is 1.72 bits per heavy atom. The minimum absolute atomic E-state index is 0.275. The van der Waals surface area contributed by atoms with E-state index in [0.29, 0.717) is 19.8 Å². The average molecular weight is 599 g/mol. The fourth-order valence-corrected chi connectivity index (χ4v) is 6.07. The van der Waals surface area contributed by atoms with E-state index in [0.717, 1.165) is 27.1 Å². The molecular weight excluding hydrogens is 560 g/mol. The Hall–Kier alpha value is -3.46. The van der Waals surface area contributed by atoms with E-state index in [2.05, 4.69) is 19.1 Å². The maximum absolute atomic E-state index is 12.5. The van der Waals surface area contributed by atoms with E-state index in [-0.39, 0.29) is 6.61 Å². The van der Waals surface area contributed by atoms with Gasteiger partial charge >= 0.3 is 5.97 Å². The van der Waals surface area contributed by atoms with Gasteiger partial charge in [-0.05, 0) is 35.7 Å². The van der Waals surface area contributed by atoms with Crippen LogP contribution in [-0.2, 0) is 48.3 Å². The minimum Gasteiger partial charge on any atom is -0.456 e. The van der Waals surface area contributed by atoms with Crippen molar-refractivity contribution in [1.29, 1.82) is 0 Å². The van der Waals surface area contributed by atoms with E-state index in [9.17, 15) is 4.79 Å². The van der Waals surface area contributed by atoms with Crippen LogP contribution in [0.25, 0.3) is 0 Å². The van der Waals surface area contributed by atoms with Gasteiger partial charge in [-0.15, -0.1) is 0 Å². The molecule has 0 aromatic heterocycles. The van der Waals surface area contributed by atoms with Crippen molar-refractivity contribution in [3.8, 4) is 0 Å². The van der Waals surface area contributed by atoms with E-state index in [4.69, 9.17) is 23.7 Å². The lowest BCUT2D eigenvalue weighted by Gasteiger charge is -2.45. The molecule has 0 N–H and O–H groups in total. The van der Waals surface area contributed by atoms with Gasteiger partial charge in [0, 0.05) is 11.8 Å². The van der Waals surface area contributed by atoms with Crippen LogP contribution in [0.3, 0.4) is 0 Å². The minimum atomic E-state index is -0.723. The standard InChI is InChI=1S/C36H38O6S/c1-26-18-20-31(21-19-26)43-36-35(41-27(2)37)34(40-24-30-16-10-5-11-17-30)33(39-23-29-14-8-4-9-15-29)32(42-36)25-38-22-28-12-6-3-7-13-28/h3-21,32-36H,22-25H2,1-2H3. The summed E-state index contributed by atoms with van der Waals surface area (Å²) in [5.74, 6) is -0.406. The summed E-state index contributed by atoms with van der Waals surface area (Å²) in [6, 6.07) is 38.2. The van der Waals surface area contributed by atoms with Crippen molar-refractivity contribution in [3.63, 3.8) is 0 Å². The van der Waals surface area contributed by atoms with E-state index < -0.39 is 35.8 Å². The maximum Gasteiger partial charge on any atom is 0.303 e. The Morgan fingerprint density at radius 2 is 1.19 bits per heavy atom. The zero-order valence-electron chi connectivity index (χ0n) is 24.5. The molecule has 0 aliphatic carbocycles. The molecular formula is C36H38O6S. The van der Waals surface area contributed by atoms with Crippen LogP contribution in [0.15, 0.2) is 120 Å². The van der Waals surface area contributed by atoms with Gasteiger partial charge in [0.05, 0.1) is 26.4 Å². The summed E-state index contributed by atoms with van der Waals surface area (Å²) in [6.45, 7) is 4.85. The van der Waals surface area contributed by atoms with Crippen molar-refractivity contribution in [2.24, 2.45) is 0 Å². The largest absolute Gasteiger partial charge is 0.456 e. The third-order valence-corrected chi connectivity index (χ3v) is 8.29. The van der Waals surface area contributed by atoms with E-state index in [1.807, 2.05) is 103 Å². The van der Waals surface area contributed by atoms with Crippen LogP contribution < -0.4 is 0 Å². The number of ether oxygens (including phenoxy) is 5. The highest BCUT2D eigenvalue weighted by Gasteiger charge is 2.50. The van der Waals surface area contributed by atoms with E-state index in [1.165, 1.54) is 18.7 Å². The number of esters is 1. The number of hydrogen-bond donors (Lipinski definition) is 0. The summed E-state index contributed by atoms with van der Waals surface area (Å²) >= 11 is 1.51. The van der Waals surface area contributed by atoms with Gasteiger partial charge in [-0.25, -0.2) is 0 Å². The molecule has 1 heterocycles. The van der Waals surface area contributed by atoms with Gasteiger partial charge in [0.15, 0.2) is 6.10 Å². The van der Waals surface area contributed by atoms with Gasteiger partial charge in [0.1, 0.15) is 23.7 Å². The van der Waals surface area contributed by atoms with Crippen LogP contribution in [0.4, 0.5) is 0 Å². The van der Waals surface area contributed by atoms with Crippen LogP contribution in [0.1, 0.15) is 29.2 Å². The van der Waals surface area contributed by atoms with Gasteiger partial charge < -0.3 is 23.7 Å². The molecule has 4 aromatic carbocycles. The molecule has 0 radical (unpaired) electrons. The molecule has 4 aromatic rings. The monoisotopic (exact) mass is 598 g/mol. The Morgan fingerprint density at radius 1 is 0.674 bits per heavy atom. The molecule has 5 rings (SSSR count). The molecule has 0 amide bonds. The van der Waals surface area contributed by atoms with Gasteiger partial charge in [-0.2, -0.15) is 0 Å². The van der Waals surface area contributed by atoms with Gasteiger partial charge in [-0.1, -0.05) is 120 Å². The predicted octanol–water partition coefficient (Wildman–Crippen LogP) is 7.13. The number of carbonyl (C=O) groups is 1. The summed E-state index contributed by atoms with van der Waals surface area (Å²) in [6.07, 6.45) is -2.39. The van der Waals surface area contributed by atoms with Crippen LogP contribution in [0.2, 0.25) is 0 Å². The summed E-state index contributed by atoms with van der Waals surface area (Å²) in [7, 11) is 0. The fraction of sp³-hybridized carbons (Fsp3) is 0.306. The lowest BCUT2D eigenvalue weighted by Crippen LogP contribution is -2.60. The van der Waals surface area contributed by atoms with Crippen LogP contribution >= 0.6 is 11.8 Å². The molecule has 1 aliphatic heterocycles. The first kappa shape index (κ1) is 31.0. The second kappa shape index (κ2) is 15.8. The lowest BCUT2D eigenvalue weighted by molar-refractivity contribution is -0.249. The van der Waals surface area contributed by atoms with Crippen LogP contribution in [0, 0.1) is 6.92 Å². The summed E-state index contributed by atoms with van der Waals surface area (Å²) in [4.78, 5) is 13.5. The molecule has 7 heteroatoms. The highest BCUT2D eigenvalue weighted by molar-refractivity contribution is 7.99. The molecule has 0 bridgehead atoms. The molecule has 5 atom stereocenters. The molecule has 1 saturated heterocycles. The predicted molar refractivity (Wildman–Crippen MR) is 167 cm³/mol. The molecule has 43 heavy (non-hydrogen) atoms. The Bertz CT molecular complexity index is 1380. The van der Waals surface area contributed by atoms with Crippen molar-refractivity contribution < 1.29 is 28.5 Å². The maximum atomic E-state index is 12.5. The number of rotatable bonds is 13. The summed E-state index contributed by atoms with van der Waals surface area (Å²) in [5.41, 5.74) is 3.72. The van der Waals surface area contributed by atoms with Crippen molar-refractivity contribution in [2.75, 3.05) is 6.61 Å². The number of hydrogen-bond acceptors (Lipinski definition) is 7. The zero-order chi connectivity index (χ0) is 29.9. The molecule has 1 aliphatic rings. The molecule has 0 saturated carbocycles. The third-order valence-electron chi connectivity index (χ3n) is 7.13. The highest BCUT2D eigenvalue weighted by atomic mass is 32.2. The normalized spacial score (nSPS) is 21.8. The Kier molecular flexibility index (Phi) is 11.4. The van der Waals surface area contributed by atoms with Crippen molar-refractivity contribution in [1.82, 2.24) is 0 Å². The van der Waals surface area contributed by atoms with Gasteiger partial charge in [-0.3, -0.25) is 4.79 Å². The smallest absolute Gasteiger partial charge is 0.303 e. The second-order valence-corrected chi connectivity index (χ2v) is 11.7. The van der Waals surface area contributed by atoms with Gasteiger partial charge in [0.25, 0.3) is 0 Å². The molecule has 6 nitrogen and oxygen atoms in total. The molecule has 5 unspecified atom stereocenters. The van der Waals surface area contributed by atoms with Crippen molar-refractivity contribution in [2.45, 2.75) is 68.4 Å². The zero-order valence-corrected chi connectivity index (χ0v) is 25.4. The van der Waals surface area contributed by atoms with Crippen molar-refractivity contribution in [3.05, 3.63) is 138 Å². The summed E-state index contributed by atoms with van der Waals surface area (Å²) in [5, 5.41) is 0. The fourth-order valence-electron chi connectivity index (χ4n) is 4.97. The van der Waals surface area contributed by atoms with Crippen LogP contribution in [-0.4, -0.2) is 42.4 Å². The number of thioether (sulfide) groups is 1. The Balaban J connectivity index is 1.44. The SMILES string of the molecule is CC(=O)OC1C(Sc2ccc(C)cc2)OC(COCc2ccccc2)C(OCc2ccccc2)C1OCc1ccccc1. The first-order valence-electron chi connectivity index (χ1n) is 14.5. The number of carbonyl (C=O) groups excluding carboxylic acids is 1. The summed E-state index contributed by atoms with van der Waals surface area (Å²) < 4.78 is 32.1. The average Bonchev–Trinajstić information content (AvgIpc) is 3.03. The Labute approximate surface area is 258 Å². The topological polar surface area (TPSA) is 63.2 Å². The molecule has 1 fully saturated rings. The quantitative estimate of drug-likeness (QED) is 0.152.